The lowest BCUT2D eigenvalue weighted by atomic mass is 10.3. The molecule has 0 spiro atoms. The van der Waals surface area contributed by atoms with Crippen molar-refractivity contribution >= 4 is 16.0 Å². The molecule has 1 aromatic heterocycles. The number of rotatable bonds is 7. The summed E-state index contributed by atoms with van der Waals surface area (Å²) in [6.07, 6.45) is -4.90. The average Bonchev–Trinajstić information content (AvgIpc) is 2.84. The number of hydrogen-bond donors (Lipinski definition) is 2. The van der Waals surface area contributed by atoms with Gasteiger partial charge in [0.2, 0.25) is 0 Å². The second kappa shape index (κ2) is 6.89. The molecule has 0 saturated carbocycles. The largest absolute Gasteiger partial charge is 0.462 e. The molecule has 0 atom stereocenters. The zero-order valence-electron chi connectivity index (χ0n) is 11.0. The molecule has 0 bridgehead atoms. The van der Waals surface area contributed by atoms with E-state index in [4.69, 9.17) is 0 Å². The predicted octanol–water partition coefficient (Wildman–Crippen LogP) is 1.21. The molecular formula is C10H14F3N3O4S. The van der Waals surface area contributed by atoms with Crippen LogP contribution in [0, 0.1) is 0 Å². The van der Waals surface area contributed by atoms with Gasteiger partial charge in [-0.25, -0.2) is 17.9 Å². The summed E-state index contributed by atoms with van der Waals surface area (Å²) < 4.78 is 66.2. The fourth-order valence-corrected chi connectivity index (χ4v) is 2.56. The lowest BCUT2D eigenvalue weighted by Crippen LogP contribution is -2.27. The van der Waals surface area contributed by atoms with E-state index >= 15 is 0 Å². The van der Waals surface area contributed by atoms with Crippen molar-refractivity contribution in [2.75, 3.05) is 13.2 Å². The van der Waals surface area contributed by atoms with Gasteiger partial charge in [0.1, 0.15) is 5.56 Å². The van der Waals surface area contributed by atoms with E-state index in [0.717, 1.165) is 6.20 Å². The highest BCUT2D eigenvalue weighted by Crippen LogP contribution is 2.21. The van der Waals surface area contributed by atoms with Gasteiger partial charge in [-0.2, -0.15) is 18.3 Å². The lowest BCUT2D eigenvalue weighted by Gasteiger charge is -2.08. The van der Waals surface area contributed by atoms with Crippen molar-refractivity contribution in [3.05, 3.63) is 11.8 Å². The Morgan fingerprint density at radius 2 is 2.14 bits per heavy atom. The molecular weight excluding hydrogens is 315 g/mol. The van der Waals surface area contributed by atoms with Crippen molar-refractivity contribution < 1.29 is 31.1 Å². The first-order chi connectivity index (χ1) is 9.67. The number of hydrogen-bond acceptors (Lipinski definition) is 5. The summed E-state index contributed by atoms with van der Waals surface area (Å²) in [6.45, 7) is 1.17. The van der Waals surface area contributed by atoms with Gasteiger partial charge >= 0.3 is 12.1 Å². The maximum atomic E-state index is 11.9. The summed E-state index contributed by atoms with van der Waals surface area (Å²) in [5.41, 5.74) is -0.305. The number of ether oxygens (including phenoxy) is 1. The van der Waals surface area contributed by atoms with Gasteiger partial charge in [0.05, 0.1) is 12.8 Å². The summed E-state index contributed by atoms with van der Waals surface area (Å²) in [5, 5.41) is 5.02. The van der Waals surface area contributed by atoms with Crippen molar-refractivity contribution in [2.24, 2.45) is 0 Å². The van der Waals surface area contributed by atoms with E-state index in [2.05, 4.69) is 14.9 Å². The van der Waals surface area contributed by atoms with Crippen molar-refractivity contribution in [3.63, 3.8) is 0 Å². The summed E-state index contributed by atoms with van der Waals surface area (Å²) in [6, 6.07) is 0. The number of carbonyl (C=O) groups is 1. The second-order valence-corrected chi connectivity index (χ2v) is 5.65. The van der Waals surface area contributed by atoms with Gasteiger partial charge in [-0.15, -0.1) is 0 Å². The number of aromatic nitrogens is 2. The van der Waals surface area contributed by atoms with E-state index in [9.17, 15) is 26.4 Å². The molecule has 1 heterocycles. The first-order valence-electron chi connectivity index (χ1n) is 5.94. The molecule has 1 aromatic rings. The number of sulfonamides is 1. The van der Waals surface area contributed by atoms with Crippen LogP contribution in [0.4, 0.5) is 13.2 Å². The van der Waals surface area contributed by atoms with Crippen molar-refractivity contribution in [3.8, 4) is 0 Å². The monoisotopic (exact) mass is 329 g/mol. The maximum absolute atomic E-state index is 11.9. The molecule has 7 nitrogen and oxygen atoms in total. The van der Waals surface area contributed by atoms with E-state index in [1.54, 1.807) is 6.92 Å². The Kier molecular flexibility index (Phi) is 5.72. The number of halogens is 3. The van der Waals surface area contributed by atoms with Crippen LogP contribution in [0.3, 0.4) is 0 Å². The first-order valence-corrected chi connectivity index (χ1v) is 7.42. The zero-order valence-corrected chi connectivity index (χ0v) is 11.8. The van der Waals surface area contributed by atoms with Crippen molar-refractivity contribution in [1.82, 2.24) is 14.9 Å². The summed E-state index contributed by atoms with van der Waals surface area (Å²) >= 11 is 0. The smallest absolute Gasteiger partial charge is 0.389 e. The number of nitrogens with zero attached hydrogens (tertiary/aromatic N) is 1. The lowest BCUT2D eigenvalue weighted by molar-refractivity contribution is -0.135. The molecule has 0 aromatic carbocycles. The summed E-state index contributed by atoms with van der Waals surface area (Å²) in [7, 11) is -4.16. The Morgan fingerprint density at radius 3 is 2.71 bits per heavy atom. The second-order valence-electron chi connectivity index (χ2n) is 3.95. The number of alkyl halides is 3. The van der Waals surface area contributed by atoms with Crippen LogP contribution in [0.25, 0.3) is 0 Å². The minimum absolute atomic E-state index is 0.0442. The van der Waals surface area contributed by atoms with Gasteiger partial charge in [-0.1, -0.05) is 0 Å². The van der Waals surface area contributed by atoms with E-state index in [0.29, 0.717) is 0 Å². The molecule has 0 aliphatic rings. The minimum Gasteiger partial charge on any atom is -0.462 e. The van der Waals surface area contributed by atoms with Crippen LogP contribution in [-0.4, -0.2) is 43.9 Å². The van der Waals surface area contributed by atoms with E-state index in [1.165, 1.54) is 0 Å². The van der Waals surface area contributed by atoms with Crippen LogP contribution in [0.15, 0.2) is 11.2 Å². The number of carbonyl (C=O) groups excluding carboxylic acids is 1. The van der Waals surface area contributed by atoms with Crippen LogP contribution < -0.4 is 4.72 Å². The van der Waals surface area contributed by atoms with Gasteiger partial charge in [-0.3, -0.25) is 5.10 Å². The molecule has 0 amide bonds. The molecule has 120 valence electrons. The fraction of sp³-hybridized carbons (Fsp3) is 0.600. The summed E-state index contributed by atoms with van der Waals surface area (Å²) in [4.78, 5) is 11.5. The molecule has 21 heavy (non-hydrogen) atoms. The maximum Gasteiger partial charge on any atom is 0.389 e. The zero-order chi connectivity index (χ0) is 16.1. The van der Waals surface area contributed by atoms with Gasteiger partial charge in [0, 0.05) is 13.0 Å². The number of nitrogens with one attached hydrogen (secondary N) is 2. The van der Waals surface area contributed by atoms with Crippen molar-refractivity contribution in [2.45, 2.75) is 31.0 Å². The third-order valence-electron chi connectivity index (χ3n) is 2.30. The Bertz CT molecular complexity index is 583. The fourth-order valence-electron chi connectivity index (χ4n) is 1.40. The quantitative estimate of drug-likeness (QED) is 0.578. The normalized spacial score (nSPS) is 12.4. The molecule has 0 aliphatic heterocycles. The summed E-state index contributed by atoms with van der Waals surface area (Å²) in [5.74, 6) is -0.887. The molecule has 0 aliphatic carbocycles. The standard InChI is InChI=1S/C10H14F3N3O4S/c1-2-20-9(17)7-6-14-16-8(7)21(18,19)15-5-3-4-10(11,12)13/h6,15H,2-5H2,1H3,(H,14,16). The SMILES string of the molecule is CCOC(=O)c1cn[nH]c1S(=O)(=O)NCCCC(F)(F)F. The predicted molar refractivity (Wildman–Crippen MR) is 65.0 cm³/mol. The van der Waals surface area contributed by atoms with E-state index in [1.807, 2.05) is 4.72 Å². The molecule has 1 rings (SSSR count). The van der Waals surface area contributed by atoms with E-state index in [-0.39, 0.29) is 12.2 Å². The van der Waals surface area contributed by atoms with Crippen LogP contribution in [-0.2, 0) is 14.8 Å². The van der Waals surface area contributed by atoms with Crippen LogP contribution in [0.5, 0.6) is 0 Å². The third-order valence-corrected chi connectivity index (χ3v) is 3.73. The molecule has 2 N–H and O–H groups in total. The van der Waals surface area contributed by atoms with Crippen molar-refractivity contribution in [1.29, 1.82) is 0 Å². The molecule has 0 unspecified atom stereocenters. The number of esters is 1. The third kappa shape index (κ3) is 5.34. The highest BCUT2D eigenvalue weighted by atomic mass is 32.2. The molecule has 0 saturated heterocycles. The van der Waals surface area contributed by atoms with Crippen LogP contribution in [0.1, 0.15) is 30.1 Å². The van der Waals surface area contributed by atoms with E-state index < -0.39 is 46.6 Å². The molecule has 0 radical (unpaired) electrons. The Hall–Kier alpha value is -1.62. The number of aromatic amines is 1. The van der Waals surface area contributed by atoms with Gasteiger partial charge in [0.15, 0.2) is 5.03 Å². The van der Waals surface area contributed by atoms with Gasteiger partial charge in [0.25, 0.3) is 10.0 Å². The minimum atomic E-state index is -4.35. The first kappa shape index (κ1) is 17.4. The van der Waals surface area contributed by atoms with Crippen LogP contribution >= 0.6 is 0 Å². The average molecular weight is 329 g/mol. The Morgan fingerprint density at radius 1 is 1.48 bits per heavy atom. The number of H-pyrrole nitrogens is 1. The van der Waals surface area contributed by atoms with Gasteiger partial charge in [-0.05, 0) is 13.3 Å². The topological polar surface area (TPSA) is 101 Å². The Balaban J connectivity index is 2.71. The highest BCUT2D eigenvalue weighted by Gasteiger charge is 2.28. The van der Waals surface area contributed by atoms with Crippen LogP contribution in [0.2, 0.25) is 0 Å². The Labute approximate surface area is 118 Å². The molecule has 11 heteroatoms. The highest BCUT2D eigenvalue weighted by molar-refractivity contribution is 7.89. The molecule has 0 fully saturated rings. The van der Waals surface area contributed by atoms with Gasteiger partial charge < -0.3 is 4.74 Å².